The quantitative estimate of drug-likeness (QED) is 0.270. The van der Waals surface area contributed by atoms with Gasteiger partial charge in [-0.25, -0.2) is 10.6 Å². The standard InChI is InChI=1S/C14H19N3O3/c1-17-8-2-3-12(17)14(19)20-11-6-4-10(5-7-11)9-13(18)16-15/h4-7,12H,2-3,8-9,15H2,1H3,(H,16,18)/t12-/m0/s1. The number of hydrazine groups is 1. The van der Waals surface area contributed by atoms with Gasteiger partial charge in [0.15, 0.2) is 0 Å². The molecule has 0 aromatic heterocycles. The highest BCUT2D eigenvalue weighted by atomic mass is 16.5. The third-order valence-electron chi connectivity index (χ3n) is 3.46. The minimum atomic E-state index is -0.262. The van der Waals surface area contributed by atoms with E-state index in [4.69, 9.17) is 10.6 Å². The fraction of sp³-hybridized carbons (Fsp3) is 0.429. The average Bonchev–Trinajstić information content (AvgIpc) is 2.87. The molecular weight excluding hydrogens is 258 g/mol. The zero-order valence-corrected chi connectivity index (χ0v) is 11.5. The molecule has 2 rings (SSSR count). The van der Waals surface area contributed by atoms with E-state index in [0.29, 0.717) is 5.75 Å². The number of carbonyl (C=O) groups is 2. The van der Waals surface area contributed by atoms with Crippen molar-refractivity contribution < 1.29 is 14.3 Å². The van der Waals surface area contributed by atoms with E-state index < -0.39 is 0 Å². The van der Waals surface area contributed by atoms with Crippen molar-refractivity contribution in [3.05, 3.63) is 29.8 Å². The van der Waals surface area contributed by atoms with Gasteiger partial charge >= 0.3 is 5.97 Å². The molecule has 0 unspecified atom stereocenters. The topological polar surface area (TPSA) is 84.7 Å². The van der Waals surface area contributed by atoms with E-state index in [1.165, 1.54) is 0 Å². The Hall–Kier alpha value is -1.92. The van der Waals surface area contributed by atoms with Crippen LogP contribution in [-0.4, -0.2) is 36.4 Å². The molecule has 1 heterocycles. The van der Waals surface area contributed by atoms with Crippen LogP contribution in [-0.2, 0) is 16.0 Å². The second-order valence-corrected chi connectivity index (χ2v) is 4.95. The van der Waals surface area contributed by atoms with Gasteiger partial charge in [0.2, 0.25) is 5.91 Å². The molecule has 0 bridgehead atoms. The molecule has 0 aliphatic carbocycles. The fourth-order valence-electron chi connectivity index (χ4n) is 2.30. The van der Waals surface area contributed by atoms with E-state index >= 15 is 0 Å². The molecule has 0 saturated carbocycles. The molecule has 1 amide bonds. The van der Waals surface area contributed by atoms with Gasteiger partial charge in [-0.05, 0) is 44.1 Å². The lowest BCUT2D eigenvalue weighted by molar-refractivity contribution is -0.138. The molecular formula is C14H19N3O3. The molecule has 6 nitrogen and oxygen atoms in total. The molecule has 1 aliphatic rings. The van der Waals surface area contributed by atoms with Gasteiger partial charge in [0, 0.05) is 0 Å². The summed E-state index contributed by atoms with van der Waals surface area (Å²) in [6, 6.07) is 6.71. The smallest absolute Gasteiger partial charge is 0.328 e. The lowest BCUT2D eigenvalue weighted by Gasteiger charge is -2.17. The summed E-state index contributed by atoms with van der Waals surface area (Å²) in [6.07, 6.45) is 2.06. The molecule has 108 valence electrons. The first-order valence-electron chi connectivity index (χ1n) is 6.60. The van der Waals surface area contributed by atoms with Crippen LogP contribution in [0.15, 0.2) is 24.3 Å². The molecule has 1 aliphatic heterocycles. The molecule has 1 aromatic rings. The zero-order chi connectivity index (χ0) is 14.5. The van der Waals surface area contributed by atoms with Crippen molar-refractivity contribution in [3.8, 4) is 5.75 Å². The largest absolute Gasteiger partial charge is 0.425 e. The summed E-state index contributed by atoms with van der Waals surface area (Å²) in [6.45, 7) is 0.924. The molecule has 3 N–H and O–H groups in total. The number of carbonyl (C=O) groups excluding carboxylic acids is 2. The first-order valence-corrected chi connectivity index (χ1v) is 6.60. The predicted molar refractivity (Wildman–Crippen MR) is 73.8 cm³/mol. The van der Waals surface area contributed by atoms with Gasteiger partial charge in [-0.15, -0.1) is 0 Å². The summed E-state index contributed by atoms with van der Waals surface area (Å²) in [7, 11) is 1.92. The number of rotatable bonds is 4. The first kappa shape index (κ1) is 14.5. The Morgan fingerprint density at radius 3 is 2.65 bits per heavy atom. The summed E-state index contributed by atoms with van der Waals surface area (Å²) in [5, 5.41) is 0. The molecule has 0 radical (unpaired) electrons. The van der Waals surface area contributed by atoms with Gasteiger partial charge in [0.1, 0.15) is 11.8 Å². The lowest BCUT2D eigenvalue weighted by Crippen LogP contribution is -2.35. The molecule has 0 spiro atoms. The number of nitrogens with one attached hydrogen (secondary N) is 1. The van der Waals surface area contributed by atoms with Crippen LogP contribution in [0.2, 0.25) is 0 Å². The lowest BCUT2D eigenvalue weighted by atomic mass is 10.1. The predicted octanol–water partition coefficient (Wildman–Crippen LogP) is 0.219. The van der Waals surface area contributed by atoms with E-state index in [1.807, 2.05) is 11.9 Å². The van der Waals surface area contributed by atoms with Crippen LogP contribution in [0.3, 0.4) is 0 Å². The number of hydrogen-bond donors (Lipinski definition) is 2. The van der Waals surface area contributed by atoms with E-state index in [-0.39, 0.29) is 24.3 Å². The molecule has 20 heavy (non-hydrogen) atoms. The Bertz CT molecular complexity index is 487. The number of ether oxygens (including phenoxy) is 1. The third kappa shape index (κ3) is 3.55. The number of nitrogens with zero attached hydrogens (tertiary/aromatic N) is 1. The van der Waals surface area contributed by atoms with Crippen molar-refractivity contribution >= 4 is 11.9 Å². The Kier molecular flexibility index (Phi) is 4.70. The normalized spacial score (nSPS) is 18.8. The number of likely N-dealkylation sites (N-methyl/N-ethyl adjacent to an activating group) is 1. The van der Waals surface area contributed by atoms with Crippen LogP contribution in [0.4, 0.5) is 0 Å². The van der Waals surface area contributed by atoms with E-state index in [2.05, 4.69) is 5.43 Å². The second kappa shape index (κ2) is 6.49. The number of hydrogen-bond acceptors (Lipinski definition) is 5. The Balaban J connectivity index is 1.93. The monoisotopic (exact) mass is 277 g/mol. The fourth-order valence-corrected chi connectivity index (χ4v) is 2.30. The minimum absolute atomic E-state index is 0.155. The highest BCUT2D eigenvalue weighted by molar-refractivity contribution is 5.79. The van der Waals surface area contributed by atoms with Crippen molar-refractivity contribution in [2.24, 2.45) is 5.84 Å². The van der Waals surface area contributed by atoms with Gasteiger partial charge in [-0.1, -0.05) is 12.1 Å². The summed E-state index contributed by atoms with van der Waals surface area (Å²) in [4.78, 5) is 25.1. The minimum Gasteiger partial charge on any atom is -0.425 e. The van der Waals surface area contributed by atoms with Crippen molar-refractivity contribution in [1.29, 1.82) is 0 Å². The average molecular weight is 277 g/mol. The van der Waals surface area contributed by atoms with Gasteiger partial charge < -0.3 is 4.74 Å². The number of likely N-dealkylation sites (tertiary alicyclic amines) is 1. The SMILES string of the molecule is CN1CCC[C@H]1C(=O)Oc1ccc(CC(=O)NN)cc1. The maximum Gasteiger partial charge on any atom is 0.328 e. The van der Waals surface area contributed by atoms with Crippen LogP contribution >= 0.6 is 0 Å². The van der Waals surface area contributed by atoms with Crippen LogP contribution < -0.4 is 16.0 Å². The molecule has 6 heteroatoms. The van der Waals surface area contributed by atoms with Crippen LogP contribution in [0, 0.1) is 0 Å². The van der Waals surface area contributed by atoms with Crippen molar-refractivity contribution in [1.82, 2.24) is 10.3 Å². The molecule has 1 saturated heterocycles. The molecule has 1 atom stereocenters. The number of benzene rings is 1. The van der Waals surface area contributed by atoms with Gasteiger partial charge in [0.05, 0.1) is 6.42 Å². The summed E-state index contributed by atoms with van der Waals surface area (Å²) in [5.74, 6) is 5.03. The summed E-state index contributed by atoms with van der Waals surface area (Å²) < 4.78 is 5.35. The van der Waals surface area contributed by atoms with Crippen LogP contribution in [0.1, 0.15) is 18.4 Å². The third-order valence-corrected chi connectivity index (χ3v) is 3.46. The number of nitrogens with two attached hydrogens (primary N) is 1. The van der Waals surface area contributed by atoms with E-state index in [0.717, 1.165) is 24.9 Å². The highest BCUT2D eigenvalue weighted by Gasteiger charge is 2.29. The van der Waals surface area contributed by atoms with E-state index in [9.17, 15) is 9.59 Å². The Morgan fingerprint density at radius 2 is 2.10 bits per heavy atom. The van der Waals surface area contributed by atoms with Gasteiger partial charge in [-0.2, -0.15) is 0 Å². The molecule has 1 aromatic carbocycles. The second-order valence-electron chi connectivity index (χ2n) is 4.95. The van der Waals surface area contributed by atoms with Gasteiger partial charge in [-0.3, -0.25) is 15.1 Å². The maximum absolute atomic E-state index is 12.0. The van der Waals surface area contributed by atoms with Crippen molar-refractivity contribution in [3.63, 3.8) is 0 Å². The van der Waals surface area contributed by atoms with Crippen LogP contribution in [0.5, 0.6) is 5.75 Å². The highest BCUT2D eigenvalue weighted by Crippen LogP contribution is 2.19. The Labute approximate surface area is 117 Å². The van der Waals surface area contributed by atoms with Gasteiger partial charge in [0.25, 0.3) is 0 Å². The van der Waals surface area contributed by atoms with E-state index in [1.54, 1.807) is 24.3 Å². The van der Waals surface area contributed by atoms with Crippen molar-refractivity contribution in [2.45, 2.75) is 25.3 Å². The summed E-state index contributed by atoms with van der Waals surface area (Å²) >= 11 is 0. The number of amides is 1. The first-order chi connectivity index (χ1) is 9.60. The zero-order valence-electron chi connectivity index (χ0n) is 11.5. The summed E-state index contributed by atoms with van der Waals surface area (Å²) in [5.41, 5.74) is 2.88. The molecule has 1 fully saturated rings. The number of esters is 1. The Morgan fingerprint density at radius 1 is 1.40 bits per heavy atom. The van der Waals surface area contributed by atoms with Crippen molar-refractivity contribution in [2.75, 3.05) is 13.6 Å². The van der Waals surface area contributed by atoms with Crippen LogP contribution in [0.25, 0.3) is 0 Å². The maximum atomic E-state index is 12.0.